The Bertz CT molecular complexity index is 134. The average Bonchev–Trinajstić information content (AvgIpc) is 2.03. The van der Waals surface area contributed by atoms with E-state index in [2.05, 4.69) is 29.2 Å². The van der Waals surface area contributed by atoms with Crippen molar-refractivity contribution in [3.63, 3.8) is 0 Å². The predicted octanol–water partition coefficient (Wildman–Crippen LogP) is 2.10. The van der Waals surface area contributed by atoms with Gasteiger partial charge in [-0.25, -0.2) is 4.99 Å². The monoisotopic (exact) mass is 152 g/mol. The van der Waals surface area contributed by atoms with Gasteiger partial charge in [-0.05, 0) is 32.0 Å². The lowest BCUT2D eigenvalue weighted by Gasteiger charge is -1.94. The number of nitrogens with zero attached hydrogens (tertiary/aromatic N) is 2. The van der Waals surface area contributed by atoms with Crippen molar-refractivity contribution in [1.29, 1.82) is 0 Å². The Morgan fingerprint density at radius 2 is 1.64 bits per heavy atom. The first-order valence-corrected chi connectivity index (χ1v) is 4.03. The van der Waals surface area contributed by atoms with Crippen LogP contribution in [0, 0.1) is 0 Å². The molecule has 2 nitrogen and oxygen atoms in total. The molecule has 0 aliphatic heterocycles. The van der Waals surface area contributed by atoms with E-state index in [0.29, 0.717) is 0 Å². The lowest BCUT2D eigenvalue weighted by Crippen LogP contribution is -1.84. The van der Waals surface area contributed by atoms with Crippen LogP contribution in [0.25, 0.3) is 0 Å². The van der Waals surface area contributed by atoms with Gasteiger partial charge in [0.15, 0.2) is 0 Å². The molecule has 0 saturated heterocycles. The molecule has 62 valence electrons. The highest BCUT2D eigenvalue weighted by Gasteiger charge is 1.86. The highest BCUT2D eigenvalue weighted by molar-refractivity contribution is 5.46. The van der Waals surface area contributed by atoms with Crippen molar-refractivity contribution in [2.24, 2.45) is 9.98 Å². The van der Waals surface area contributed by atoms with Crippen molar-refractivity contribution < 1.29 is 0 Å². The Kier molecular flexibility index (Phi) is 8.39. The van der Waals surface area contributed by atoms with Crippen LogP contribution < -0.4 is 0 Å². The van der Waals surface area contributed by atoms with Crippen LogP contribution in [0.1, 0.15) is 25.7 Å². The van der Waals surface area contributed by atoms with Crippen LogP contribution in [-0.4, -0.2) is 25.7 Å². The molecule has 0 amide bonds. The van der Waals surface area contributed by atoms with E-state index in [0.717, 1.165) is 25.9 Å². The smallest absolute Gasteiger partial charge is 0.0483 e. The van der Waals surface area contributed by atoms with Gasteiger partial charge in [-0.15, -0.1) is 0 Å². The zero-order chi connectivity index (χ0) is 8.36. The first kappa shape index (κ1) is 10.1. The Labute approximate surface area is 68.8 Å². The third-order valence-corrected chi connectivity index (χ3v) is 1.45. The lowest BCUT2D eigenvalue weighted by molar-refractivity contribution is 0.656. The van der Waals surface area contributed by atoms with Crippen molar-refractivity contribution in [3.05, 3.63) is 6.58 Å². The van der Waals surface area contributed by atoms with Gasteiger partial charge in [0.25, 0.3) is 0 Å². The second-order valence-electron chi connectivity index (χ2n) is 2.40. The molecule has 0 spiro atoms. The second kappa shape index (κ2) is 9.12. The van der Waals surface area contributed by atoms with Gasteiger partial charge in [-0.3, -0.25) is 0 Å². The lowest BCUT2D eigenvalue weighted by atomic mass is 10.2. The SMILES string of the molecule is C=C=NCCCCCCN=C. The molecule has 0 radical (unpaired) electrons. The van der Waals surface area contributed by atoms with Crippen molar-refractivity contribution in [2.75, 3.05) is 13.1 Å². The second-order valence-corrected chi connectivity index (χ2v) is 2.40. The summed E-state index contributed by atoms with van der Waals surface area (Å²) in [6.45, 7) is 8.57. The molecule has 0 aromatic rings. The van der Waals surface area contributed by atoms with Gasteiger partial charge in [0.2, 0.25) is 0 Å². The van der Waals surface area contributed by atoms with E-state index in [4.69, 9.17) is 0 Å². The highest BCUT2D eigenvalue weighted by Crippen LogP contribution is 1.99. The molecular formula is C9H16N2. The number of aliphatic imine (C=N–C) groups is 2. The Hall–Kier alpha value is -0.880. The molecule has 0 rings (SSSR count). The van der Waals surface area contributed by atoms with Gasteiger partial charge < -0.3 is 4.99 Å². The van der Waals surface area contributed by atoms with E-state index in [1.54, 1.807) is 0 Å². The maximum absolute atomic E-state index is 3.89. The van der Waals surface area contributed by atoms with E-state index in [-0.39, 0.29) is 0 Å². The molecule has 0 bridgehead atoms. The molecule has 0 aliphatic rings. The third-order valence-electron chi connectivity index (χ3n) is 1.45. The van der Waals surface area contributed by atoms with Gasteiger partial charge in [0.05, 0.1) is 0 Å². The zero-order valence-corrected chi connectivity index (χ0v) is 7.05. The van der Waals surface area contributed by atoms with Crippen LogP contribution in [0.5, 0.6) is 0 Å². The summed E-state index contributed by atoms with van der Waals surface area (Å²) >= 11 is 0. The van der Waals surface area contributed by atoms with Crippen LogP contribution in [-0.2, 0) is 0 Å². The maximum atomic E-state index is 3.89. The summed E-state index contributed by atoms with van der Waals surface area (Å²) < 4.78 is 0. The van der Waals surface area contributed by atoms with Crippen molar-refractivity contribution in [1.82, 2.24) is 0 Å². The fourth-order valence-corrected chi connectivity index (χ4v) is 0.847. The number of unbranched alkanes of at least 4 members (excludes halogenated alkanes) is 3. The van der Waals surface area contributed by atoms with Gasteiger partial charge in [-0.1, -0.05) is 12.8 Å². The minimum absolute atomic E-state index is 0.866. The van der Waals surface area contributed by atoms with Crippen molar-refractivity contribution in [3.8, 4) is 0 Å². The van der Waals surface area contributed by atoms with Gasteiger partial charge in [0, 0.05) is 13.1 Å². The standard InChI is InChI=1S/C9H16N2/c1-3-11-9-7-5-4-6-8-10-2/h1-2,4-9H2. The molecule has 0 heterocycles. The Morgan fingerprint density at radius 1 is 1.00 bits per heavy atom. The number of rotatable bonds is 7. The van der Waals surface area contributed by atoms with E-state index >= 15 is 0 Å². The fourth-order valence-electron chi connectivity index (χ4n) is 0.847. The summed E-state index contributed by atoms with van der Waals surface area (Å²) in [5, 5.41) is 0. The first-order chi connectivity index (χ1) is 5.41. The summed E-state index contributed by atoms with van der Waals surface area (Å²) in [6.07, 6.45) is 4.74. The number of hydrogen-bond acceptors (Lipinski definition) is 2. The van der Waals surface area contributed by atoms with Crippen LogP contribution in [0.4, 0.5) is 0 Å². The van der Waals surface area contributed by atoms with Gasteiger partial charge in [-0.2, -0.15) is 0 Å². The molecule has 0 fully saturated rings. The van der Waals surface area contributed by atoms with Gasteiger partial charge >= 0.3 is 0 Å². The summed E-state index contributed by atoms with van der Waals surface area (Å²) in [7, 11) is 0. The summed E-state index contributed by atoms with van der Waals surface area (Å²) in [5.41, 5.74) is 0. The molecule has 2 heteroatoms. The van der Waals surface area contributed by atoms with Gasteiger partial charge in [0.1, 0.15) is 0 Å². The maximum Gasteiger partial charge on any atom is 0.0483 e. The normalized spacial score (nSPS) is 8.73. The average molecular weight is 152 g/mol. The molecule has 11 heavy (non-hydrogen) atoms. The summed E-state index contributed by atoms with van der Waals surface area (Å²) in [6, 6.07) is 0. The molecule has 0 aromatic heterocycles. The highest BCUT2D eigenvalue weighted by atomic mass is 14.7. The Balaban J connectivity index is 2.90. The molecule has 0 unspecified atom stereocenters. The fraction of sp³-hybridized carbons (Fsp3) is 0.667. The number of hydrogen-bond donors (Lipinski definition) is 0. The van der Waals surface area contributed by atoms with Crippen LogP contribution >= 0.6 is 0 Å². The predicted molar refractivity (Wildman–Crippen MR) is 50.8 cm³/mol. The minimum Gasteiger partial charge on any atom is -0.301 e. The quantitative estimate of drug-likeness (QED) is 0.394. The molecule has 0 N–H and O–H groups in total. The van der Waals surface area contributed by atoms with E-state index in [1.807, 2.05) is 0 Å². The van der Waals surface area contributed by atoms with Crippen molar-refractivity contribution >= 4 is 12.6 Å². The molecule has 0 aliphatic carbocycles. The minimum atomic E-state index is 0.866. The first-order valence-electron chi connectivity index (χ1n) is 4.03. The van der Waals surface area contributed by atoms with Crippen LogP contribution in [0.15, 0.2) is 16.6 Å². The zero-order valence-electron chi connectivity index (χ0n) is 7.05. The summed E-state index contributed by atoms with van der Waals surface area (Å²) in [5.74, 6) is 2.52. The van der Waals surface area contributed by atoms with Crippen molar-refractivity contribution in [2.45, 2.75) is 25.7 Å². The molecular weight excluding hydrogens is 136 g/mol. The van der Waals surface area contributed by atoms with E-state index in [9.17, 15) is 0 Å². The largest absolute Gasteiger partial charge is 0.301 e. The Morgan fingerprint density at radius 3 is 2.18 bits per heavy atom. The molecule has 0 aromatic carbocycles. The summed E-state index contributed by atoms with van der Waals surface area (Å²) in [4.78, 5) is 7.67. The van der Waals surface area contributed by atoms with Crippen LogP contribution in [0.2, 0.25) is 0 Å². The molecule has 0 saturated carbocycles. The topological polar surface area (TPSA) is 24.7 Å². The van der Waals surface area contributed by atoms with Crippen LogP contribution in [0.3, 0.4) is 0 Å². The van der Waals surface area contributed by atoms with E-state index in [1.165, 1.54) is 12.8 Å². The third kappa shape index (κ3) is 9.12. The molecule has 0 atom stereocenters. The van der Waals surface area contributed by atoms with E-state index < -0.39 is 0 Å².